The fourth-order valence-corrected chi connectivity index (χ4v) is 6.89. The van der Waals surface area contributed by atoms with Crippen LogP contribution in [0, 0.1) is 0 Å². The summed E-state index contributed by atoms with van der Waals surface area (Å²) >= 11 is 0.979. The van der Waals surface area contributed by atoms with Crippen LogP contribution in [-0.4, -0.2) is 54.2 Å². The van der Waals surface area contributed by atoms with E-state index in [1.54, 1.807) is 35.2 Å². The van der Waals surface area contributed by atoms with Crippen LogP contribution >= 0.6 is 11.3 Å². The highest BCUT2D eigenvalue weighted by Crippen LogP contribution is 2.29. The van der Waals surface area contributed by atoms with Crippen LogP contribution in [0.15, 0.2) is 64.5 Å². The molecule has 0 unspecified atom stereocenters. The van der Waals surface area contributed by atoms with Crippen molar-refractivity contribution < 1.29 is 21.6 Å². The van der Waals surface area contributed by atoms with Gasteiger partial charge in [0.05, 0.1) is 22.5 Å². The maximum absolute atomic E-state index is 12.7. The number of hydrogen-bond acceptors (Lipinski definition) is 9. The van der Waals surface area contributed by atoms with Crippen molar-refractivity contribution in [2.24, 2.45) is 5.14 Å². The molecule has 2 N–H and O–H groups in total. The normalized spacial score (nSPS) is 16.0. The summed E-state index contributed by atoms with van der Waals surface area (Å²) in [6.07, 6.45) is 4.65. The Bertz CT molecular complexity index is 1640. The summed E-state index contributed by atoms with van der Waals surface area (Å²) in [5, 5.41) is 14.8. The number of thiazole rings is 1. The van der Waals surface area contributed by atoms with Gasteiger partial charge in [0, 0.05) is 18.5 Å². The molecule has 11 nitrogen and oxygen atoms in total. The highest BCUT2D eigenvalue weighted by atomic mass is 32.2. The third kappa shape index (κ3) is 6.05. The summed E-state index contributed by atoms with van der Waals surface area (Å²) in [6.45, 7) is 0.963. The van der Waals surface area contributed by atoms with Gasteiger partial charge < -0.3 is 4.74 Å². The summed E-state index contributed by atoms with van der Waals surface area (Å²) in [5.74, 6) is 0.536. The lowest BCUT2D eigenvalue weighted by Gasteiger charge is -2.30. The van der Waals surface area contributed by atoms with Crippen LogP contribution in [0.25, 0.3) is 16.3 Å². The van der Waals surface area contributed by atoms with E-state index in [4.69, 9.17) is 9.88 Å². The van der Waals surface area contributed by atoms with Crippen LogP contribution in [0.1, 0.15) is 30.1 Å². The van der Waals surface area contributed by atoms with E-state index < -0.39 is 20.0 Å². The molecule has 194 valence electrons. The third-order valence-corrected chi connectivity index (χ3v) is 9.82. The van der Waals surface area contributed by atoms with Gasteiger partial charge in [-0.2, -0.15) is 4.31 Å². The molecule has 0 bridgehead atoms. The van der Waals surface area contributed by atoms with Gasteiger partial charge in [-0.1, -0.05) is 35.5 Å². The van der Waals surface area contributed by atoms with Crippen LogP contribution in [0.2, 0.25) is 0 Å². The Balaban J connectivity index is 1.16. The van der Waals surface area contributed by atoms with Gasteiger partial charge in [0.1, 0.15) is 18.1 Å². The van der Waals surface area contributed by atoms with E-state index in [0.29, 0.717) is 47.6 Å². The zero-order chi connectivity index (χ0) is 26.0. The number of fused-ring (bicyclic) bond motifs is 1. The van der Waals surface area contributed by atoms with E-state index in [1.165, 1.54) is 9.71 Å². The van der Waals surface area contributed by atoms with Gasteiger partial charge >= 0.3 is 0 Å². The molecule has 0 aliphatic carbocycles. The molecule has 14 heteroatoms. The zero-order valence-corrected chi connectivity index (χ0v) is 22.0. The Hall–Kier alpha value is -3.17. The number of rotatable bonds is 8. The maximum Gasteiger partial charge on any atom is 0.265 e. The van der Waals surface area contributed by atoms with Crippen molar-refractivity contribution in [3.05, 3.63) is 71.4 Å². The molecule has 0 amide bonds. The predicted octanol–water partition coefficient (Wildman–Crippen LogP) is 2.75. The molecule has 2 aromatic carbocycles. The largest absolute Gasteiger partial charge is 0.487 e. The van der Waals surface area contributed by atoms with Crippen molar-refractivity contribution in [3.8, 4) is 5.75 Å². The summed E-state index contributed by atoms with van der Waals surface area (Å²) in [7, 11) is -7.36. The monoisotopic (exact) mass is 560 g/mol. The lowest BCUT2D eigenvalue weighted by molar-refractivity contribution is 0.260. The van der Waals surface area contributed by atoms with Gasteiger partial charge in [0.15, 0.2) is 0 Å². The molecular weight excluding hydrogens is 536 g/mol. The van der Waals surface area contributed by atoms with Crippen molar-refractivity contribution in [2.75, 3.05) is 13.1 Å². The Morgan fingerprint density at radius 2 is 1.84 bits per heavy atom. The molecule has 0 spiro atoms. The fourth-order valence-electron chi connectivity index (χ4n) is 3.99. The van der Waals surface area contributed by atoms with Crippen molar-refractivity contribution >= 4 is 47.7 Å². The number of nitrogens with zero attached hydrogens (tertiary/aromatic N) is 5. The van der Waals surface area contributed by atoms with Crippen LogP contribution in [-0.2, 0) is 26.7 Å². The number of nitrogens with two attached hydrogens (primary N) is 1. The number of benzene rings is 2. The molecular formula is C23H24N6O5S3. The molecule has 37 heavy (non-hydrogen) atoms. The number of sulfonamides is 2. The first-order valence-electron chi connectivity index (χ1n) is 11.4. The minimum Gasteiger partial charge on any atom is -0.487 e. The van der Waals surface area contributed by atoms with Crippen LogP contribution in [0.3, 0.4) is 0 Å². The summed E-state index contributed by atoms with van der Waals surface area (Å²) in [5.41, 5.74) is 1.98. The Kier molecular flexibility index (Phi) is 7.09. The molecule has 0 saturated carbocycles. The third-order valence-electron chi connectivity index (χ3n) is 5.92. The Labute approximate surface area is 218 Å². The van der Waals surface area contributed by atoms with Gasteiger partial charge in [-0.25, -0.2) is 31.6 Å². The maximum atomic E-state index is 12.7. The smallest absolute Gasteiger partial charge is 0.265 e. The lowest BCUT2D eigenvalue weighted by atomic mass is 10.1. The van der Waals surface area contributed by atoms with E-state index in [1.807, 2.05) is 30.3 Å². The Morgan fingerprint density at radius 1 is 1.08 bits per heavy atom. The summed E-state index contributed by atoms with van der Waals surface area (Å²) in [4.78, 5) is 4.02. The standard InChI is InChI=1S/C23H24N6O5S3/c24-37(32,33)23-25-21-7-6-20(14-22(21)35-23)34-16-18-15-29(27-26-18)19-8-11-28(12-9-19)36(30,31)13-10-17-4-2-1-3-5-17/h1-7,10,13-15,19H,8-9,11-12,16H2,(H2,24,32,33)/b13-10+. The van der Waals surface area contributed by atoms with Gasteiger partial charge in [0.2, 0.25) is 14.4 Å². The molecule has 2 aromatic heterocycles. The highest BCUT2D eigenvalue weighted by molar-refractivity contribution is 7.92. The molecule has 3 heterocycles. The van der Waals surface area contributed by atoms with Gasteiger partial charge in [-0.3, -0.25) is 0 Å². The van der Waals surface area contributed by atoms with Crippen LogP contribution < -0.4 is 9.88 Å². The van der Waals surface area contributed by atoms with Gasteiger partial charge in [-0.05, 0) is 42.7 Å². The average Bonchev–Trinajstić information content (AvgIpc) is 3.54. The second-order valence-electron chi connectivity index (χ2n) is 8.52. The predicted molar refractivity (Wildman–Crippen MR) is 140 cm³/mol. The van der Waals surface area contributed by atoms with Crippen LogP contribution in [0.5, 0.6) is 5.75 Å². The molecule has 1 aliphatic heterocycles. The zero-order valence-electron chi connectivity index (χ0n) is 19.5. The number of piperidine rings is 1. The fraction of sp³-hybridized carbons (Fsp3) is 0.261. The number of primary sulfonamides is 1. The second kappa shape index (κ2) is 10.3. The van der Waals surface area contributed by atoms with E-state index in [2.05, 4.69) is 15.3 Å². The first kappa shape index (κ1) is 25.5. The molecule has 1 fully saturated rings. The first-order valence-corrected chi connectivity index (χ1v) is 15.2. The number of hydrogen-bond donors (Lipinski definition) is 1. The quantitative estimate of drug-likeness (QED) is 0.346. The van der Waals surface area contributed by atoms with Crippen LogP contribution in [0.4, 0.5) is 0 Å². The molecule has 1 saturated heterocycles. The van der Waals surface area contributed by atoms with Crippen molar-refractivity contribution in [1.82, 2.24) is 24.3 Å². The van der Waals surface area contributed by atoms with E-state index in [0.717, 1.165) is 16.9 Å². The van der Waals surface area contributed by atoms with Crippen molar-refractivity contribution in [1.29, 1.82) is 0 Å². The van der Waals surface area contributed by atoms with Crippen molar-refractivity contribution in [2.45, 2.75) is 29.8 Å². The molecule has 4 aromatic rings. The minimum absolute atomic E-state index is 0.0379. The van der Waals surface area contributed by atoms with E-state index >= 15 is 0 Å². The van der Waals surface area contributed by atoms with E-state index in [9.17, 15) is 16.8 Å². The topological polar surface area (TPSA) is 150 Å². The second-order valence-corrected chi connectivity index (χ2v) is 13.1. The summed E-state index contributed by atoms with van der Waals surface area (Å²) in [6, 6.07) is 14.4. The van der Waals surface area contributed by atoms with Gasteiger partial charge in [0.25, 0.3) is 10.0 Å². The Morgan fingerprint density at radius 3 is 2.57 bits per heavy atom. The SMILES string of the molecule is NS(=O)(=O)c1nc2ccc(OCc3cn(C4CCN(S(=O)(=O)/C=C/c5ccccc5)CC4)nn3)cc2s1. The van der Waals surface area contributed by atoms with Crippen molar-refractivity contribution in [3.63, 3.8) is 0 Å². The number of ether oxygens (including phenoxy) is 1. The molecule has 0 atom stereocenters. The minimum atomic E-state index is -3.86. The first-order chi connectivity index (χ1) is 17.7. The molecule has 0 radical (unpaired) electrons. The molecule has 5 rings (SSSR count). The van der Waals surface area contributed by atoms with E-state index in [-0.39, 0.29) is 17.0 Å². The molecule has 1 aliphatic rings. The average molecular weight is 561 g/mol. The number of aromatic nitrogens is 4. The lowest BCUT2D eigenvalue weighted by Crippen LogP contribution is -2.38. The highest BCUT2D eigenvalue weighted by Gasteiger charge is 2.28. The summed E-state index contributed by atoms with van der Waals surface area (Å²) < 4.78 is 58.0. The van der Waals surface area contributed by atoms with Gasteiger partial charge in [-0.15, -0.1) is 16.4 Å².